The van der Waals surface area contributed by atoms with E-state index in [1.54, 1.807) is 12.1 Å². The van der Waals surface area contributed by atoms with E-state index in [9.17, 15) is 13.6 Å². The lowest BCUT2D eigenvalue weighted by molar-refractivity contribution is -0.116. The molecule has 0 bridgehead atoms. The zero-order valence-corrected chi connectivity index (χ0v) is 14.2. The van der Waals surface area contributed by atoms with Crippen LogP contribution in [0.25, 0.3) is 0 Å². The van der Waals surface area contributed by atoms with Gasteiger partial charge >= 0.3 is 0 Å². The third-order valence-corrected chi connectivity index (χ3v) is 3.93. The molecule has 0 radical (unpaired) electrons. The van der Waals surface area contributed by atoms with Crippen LogP contribution in [0.15, 0.2) is 36.4 Å². The van der Waals surface area contributed by atoms with E-state index in [-0.39, 0.29) is 6.42 Å². The van der Waals surface area contributed by atoms with Gasteiger partial charge in [0.15, 0.2) is 0 Å². The number of hydrogen-bond acceptors (Lipinski definition) is 2. The highest BCUT2D eigenvalue weighted by Gasteiger charge is 2.11. The molecule has 2 aromatic carbocycles. The zero-order valence-electron chi connectivity index (χ0n) is 12.7. The van der Waals surface area contributed by atoms with Crippen LogP contribution in [-0.2, 0) is 11.2 Å². The van der Waals surface area contributed by atoms with Gasteiger partial charge in [-0.1, -0.05) is 35.3 Å². The summed E-state index contributed by atoms with van der Waals surface area (Å²) in [5.74, 6) is -2.06. The van der Waals surface area contributed by atoms with E-state index in [2.05, 4.69) is 10.6 Å². The quantitative estimate of drug-likeness (QED) is 0.705. The van der Waals surface area contributed by atoms with Gasteiger partial charge in [0.25, 0.3) is 0 Å². The highest BCUT2D eigenvalue weighted by Crippen LogP contribution is 2.21. The number of carbonyl (C=O) groups is 1. The summed E-state index contributed by atoms with van der Waals surface area (Å²) < 4.78 is 26.8. The summed E-state index contributed by atoms with van der Waals surface area (Å²) in [4.78, 5) is 11.7. The van der Waals surface area contributed by atoms with Crippen LogP contribution < -0.4 is 10.6 Å². The second-order valence-electron chi connectivity index (χ2n) is 5.13. The number of benzene rings is 2. The lowest BCUT2D eigenvalue weighted by Gasteiger charge is -2.09. The largest absolute Gasteiger partial charge is 0.321 e. The molecule has 0 spiro atoms. The minimum atomic E-state index is -0.798. The molecule has 0 saturated carbocycles. The predicted molar refractivity (Wildman–Crippen MR) is 92.6 cm³/mol. The first-order valence-corrected chi connectivity index (χ1v) is 8.11. The molecule has 0 aliphatic heterocycles. The molecule has 1 amide bonds. The molecule has 0 heterocycles. The van der Waals surface area contributed by atoms with E-state index in [1.165, 1.54) is 6.07 Å². The third kappa shape index (κ3) is 5.44. The summed E-state index contributed by atoms with van der Waals surface area (Å²) in [5.41, 5.74) is 0.530. The Bertz CT molecular complexity index is 705. The van der Waals surface area contributed by atoms with Crippen LogP contribution in [0.3, 0.4) is 0 Å². The van der Waals surface area contributed by atoms with Crippen LogP contribution in [0, 0.1) is 11.6 Å². The highest BCUT2D eigenvalue weighted by atomic mass is 35.5. The van der Waals surface area contributed by atoms with E-state index in [1.807, 2.05) is 6.07 Å². The van der Waals surface area contributed by atoms with Gasteiger partial charge in [-0.3, -0.25) is 4.79 Å². The standard InChI is InChI=1S/C17H16Cl2F2N2O/c18-12-5-4-11(13(19)10-12)6-8-22-9-7-16(24)23-17-14(20)2-1-3-15(17)21/h1-5,10,22H,6-9H2,(H,23,24). The Balaban J connectivity index is 1.71. The monoisotopic (exact) mass is 372 g/mol. The smallest absolute Gasteiger partial charge is 0.225 e. The first kappa shape index (κ1) is 18.6. The highest BCUT2D eigenvalue weighted by molar-refractivity contribution is 6.35. The van der Waals surface area contributed by atoms with Crippen molar-refractivity contribution in [2.45, 2.75) is 12.8 Å². The summed E-state index contributed by atoms with van der Waals surface area (Å²) >= 11 is 11.9. The second kappa shape index (κ2) is 8.97. The Kier molecular flexibility index (Phi) is 6.97. The summed E-state index contributed by atoms with van der Waals surface area (Å²) in [7, 11) is 0. The molecule has 0 aliphatic carbocycles. The van der Waals surface area contributed by atoms with E-state index >= 15 is 0 Å². The fraction of sp³-hybridized carbons (Fsp3) is 0.235. The van der Waals surface area contributed by atoms with Crippen LogP contribution in [0.2, 0.25) is 10.0 Å². The number of rotatable bonds is 7. The van der Waals surface area contributed by atoms with Crippen molar-refractivity contribution in [3.05, 3.63) is 63.6 Å². The Morgan fingerprint density at radius 1 is 1.04 bits per heavy atom. The van der Waals surface area contributed by atoms with Crippen molar-refractivity contribution < 1.29 is 13.6 Å². The van der Waals surface area contributed by atoms with Crippen molar-refractivity contribution in [3.8, 4) is 0 Å². The first-order chi connectivity index (χ1) is 11.5. The van der Waals surface area contributed by atoms with Crippen molar-refractivity contribution in [1.82, 2.24) is 5.32 Å². The molecule has 0 aromatic heterocycles. The summed E-state index contributed by atoms with van der Waals surface area (Å²) in [6.07, 6.45) is 0.779. The summed E-state index contributed by atoms with van der Waals surface area (Å²) in [6, 6.07) is 8.71. The van der Waals surface area contributed by atoms with Crippen LogP contribution in [0.4, 0.5) is 14.5 Å². The minimum Gasteiger partial charge on any atom is -0.321 e. The van der Waals surface area contributed by atoms with Gasteiger partial charge in [-0.25, -0.2) is 8.78 Å². The number of halogens is 4. The van der Waals surface area contributed by atoms with Gasteiger partial charge in [-0.15, -0.1) is 0 Å². The number of para-hydroxylation sites is 1. The summed E-state index contributed by atoms with van der Waals surface area (Å²) in [6.45, 7) is 0.996. The Labute approximate surface area is 149 Å². The van der Waals surface area contributed by atoms with Crippen molar-refractivity contribution in [2.75, 3.05) is 18.4 Å². The van der Waals surface area contributed by atoms with Crippen molar-refractivity contribution in [3.63, 3.8) is 0 Å². The number of hydrogen-bond donors (Lipinski definition) is 2. The van der Waals surface area contributed by atoms with Crippen molar-refractivity contribution in [1.29, 1.82) is 0 Å². The molecule has 2 N–H and O–H groups in total. The average Bonchev–Trinajstić information content (AvgIpc) is 2.52. The fourth-order valence-electron chi connectivity index (χ4n) is 2.09. The Morgan fingerprint density at radius 2 is 1.75 bits per heavy atom. The van der Waals surface area contributed by atoms with Gasteiger partial charge in [0.1, 0.15) is 17.3 Å². The molecule has 128 valence electrons. The second-order valence-corrected chi connectivity index (χ2v) is 5.97. The molecule has 0 saturated heterocycles. The van der Waals surface area contributed by atoms with Crippen molar-refractivity contribution in [2.24, 2.45) is 0 Å². The number of nitrogens with one attached hydrogen (secondary N) is 2. The lowest BCUT2D eigenvalue weighted by Crippen LogP contribution is -2.24. The minimum absolute atomic E-state index is 0.0993. The molecule has 3 nitrogen and oxygen atoms in total. The Morgan fingerprint density at radius 3 is 2.42 bits per heavy atom. The molecule has 0 atom stereocenters. The van der Waals surface area contributed by atoms with E-state index in [0.717, 1.165) is 17.7 Å². The summed E-state index contributed by atoms with van der Waals surface area (Å²) in [5, 5.41) is 6.49. The number of carbonyl (C=O) groups excluding carboxylic acids is 1. The molecular weight excluding hydrogens is 357 g/mol. The maximum atomic E-state index is 13.4. The molecule has 2 aromatic rings. The topological polar surface area (TPSA) is 41.1 Å². The normalized spacial score (nSPS) is 10.7. The van der Waals surface area contributed by atoms with Crippen LogP contribution in [0.1, 0.15) is 12.0 Å². The van der Waals surface area contributed by atoms with E-state index in [4.69, 9.17) is 23.2 Å². The van der Waals surface area contributed by atoms with E-state index < -0.39 is 23.2 Å². The predicted octanol–water partition coefficient (Wildman–Crippen LogP) is 4.43. The molecule has 0 unspecified atom stereocenters. The van der Waals surface area contributed by atoms with Gasteiger partial charge < -0.3 is 10.6 Å². The lowest BCUT2D eigenvalue weighted by atomic mass is 10.1. The van der Waals surface area contributed by atoms with Gasteiger partial charge in [0.05, 0.1) is 0 Å². The average molecular weight is 373 g/mol. The van der Waals surface area contributed by atoms with Gasteiger partial charge in [0, 0.05) is 23.0 Å². The van der Waals surface area contributed by atoms with E-state index in [0.29, 0.717) is 29.6 Å². The fourth-order valence-corrected chi connectivity index (χ4v) is 2.60. The Hall–Kier alpha value is -1.69. The SMILES string of the molecule is O=C(CCNCCc1ccc(Cl)cc1Cl)Nc1c(F)cccc1F. The molecule has 7 heteroatoms. The van der Waals surface area contributed by atoms with Gasteiger partial charge in [-0.2, -0.15) is 0 Å². The number of amides is 1. The van der Waals surface area contributed by atoms with Gasteiger partial charge in [-0.05, 0) is 42.8 Å². The third-order valence-electron chi connectivity index (χ3n) is 3.34. The number of anilines is 1. The zero-order chi connectivity index (χ0) is 17.5. The molecular formula is C17H16Cl2F2N2O. The van der Waals surface area contributed by atoms with Crippen LogP contribution in [0.5, 0.6) is 0 Å². The first-order valence-electron chi connectivity index (χ1n) is 7.36. The van der Waals surface area contributed by atoms with Crippen molar-refractivity contribution >= 4 is 34.8 Å². The molecule has 0 aliphatic rings. The molecule has 2 rings (SSSR count). The van der Waals surface area contributed by atoms with Crippen LogP contribution >= 0.6 is 23.2 Å². The molecule has 0 fully saturated rings. The maximum absolute atomic E-state index is 13.4. The molecule has 24 heavy (non-hydrogen) atoms. The van der Waals surface area contributed by atoms with Crippen LogP contribution in [-0.4, -0.2) is 19.0 Å². The van der Waals surface area contributed by atoms with Gasteiger partial charge in [0.2, 0.25) is 5.91 Å². The maximum Gasteiger partial charge on any atom is 0.225 e.